The number of benzene rings is 1. The monoisotopic (exact) mass is 275 g/mol. The number of aliphatic imine (C=N–C) groups is 1. The Kier molecular flexibility index (Phi) is 4.29. The number of nitrogens with zero attached hydrogens (tertiary/aromatic N) is 1. The molecule has 1 N–H and O–H groups in total. The Morgan fingerprint density at radius 3 is 2.86 bits per heavy atom. The number of halogens is 2. The van der Waals surface area contributed by atoms with Crippen LogP contribution in [0.4, 0.5) is 5.69 Å². The van der Waals surface area contributed by atoms with Crippen LogP contribution in [0.25, 0.3) is 0 Å². The Labute approximate surface area is 94.5 Å². The van der Waals surface area contributed by atoms with Gasteiger partial charge in [0.1, 0.15) is 0 Å². The highest BCUT2D eigenvalue weighted by Crippen LogP contribution is 2.31. The van der Waals surface area contributed by atoms with Gasteiger partial charge in [-0.3, -0.25) is 0 Å². The van der Waals surface area contributed by atoms with Crippen LogP contribution in [0.3, 0.4) is 0 Å². The molecule has 0 spiro atoms. The van der Waals surface area contributed by atoms with Crippen molar-refractivity contribution in [3.05, 3.63) is 27.2 Å². The van der Waals surface area contributed by atoms with Crippen molar-refractivity contribution < 1.29 is 9.90 Å². The van der Waals surface area contributed by atoms with E-state index in [0.717, 1.165) is 5.56 Å². The van der Waals surface area contributed by atoms with Crippen LogP contribution in [0, 0.1) is 0 Å². The molecule has 0 aliphatic carbocycles. The van der Waals surface area contributed by atoms with Crippen molar-refractivity contribution in [1.29, 1.82) is 0 Å². The zero-order valence-corrected chi connectivity index (χ0v) is 9.47. The van der Waals surface area contributed by atoms with Crippen LogP contribution < -0.4 is 0 Å². The fourth-order valence-electron chi connectivity index (χ4n) is 1.03. The van der Waals surface area contributed by atoms with Gasteiger partial charge in [-0.15, -0.1) is 0 Å². The molecule has 0 aliphatic rings. The first kappa shape index (κ1) is 11.4. The van der Waals surface area contributed by atoms with E-state index in [1.807, 2.05) is 0 Å². The minimum absolute atomic E-state index is 0.00555. The molecule has 0 saturated heterocycles. The lowest BCUT2D eigenvalue weighted by Gasteiger charge is -2.04. The van der Waals surface area contributed by atoms with Crippen LogP contribution in [0.1, 0.15) is 5.56 Å². The second kappa shape index (κ2) is 5.27. The number of aliphatic hydroxyl groups is 1. The number of isocyanates is 1. The third kappa shape index (κ3) is 2.66. The topological polar surface area (TPSA) is 49.7 Å². The fourth-order valence-corrected chi connectivity index (χ4v) is 1.85. The van der Waals surface area contributed by atoms with Gasteiger partial charge in [-0.1, -0.05) is 11.6 Å². The zero-order chi connectivity index (χ0) is 10.6. The van der Waals surface area contributed by atoms with Crippen LogP contribution in [0.5, 0.6) is 0 Å². The maximum absolute atomic E-state index is 10.1. The molecular formula is C9H7BrClNO2. The van der Waals surface area contributed by atoms with Crippen LogP contribution in [0.2, 0.25) is 5.02 Å². The number of hydrogen-bond acceptors (Lipinski definition) is 3. The van der Waals surface area contributed by atoms with Crippen molar-refractivity contribution in [3.63, 3.8) is 0 Å². The van der Waals surface area contributed by atoms with E-state index in [0.29, 0.717) is 21.6 Å². The molecule has 1 rings (SSSR count). The Morgan fingerprint density at radius 2 is 2.29 bits per heavy atom. The van der Waals surface area contributed by atoms with E-state index in [4.69, 9.17) is 16.7 Å². The summed E-state index contributed by atoms with van der Waals surface area (Å²) >= 11 is 9.11. The highest BCUT2D eigenvalue weighted by molar-refractivity contribution is 9.10. The van der Waals surface area contributed by atoms with Gasteiger partial charge < -0.3 is 5.11 Å². The molecule has 0 radical (unpaired) electrons. The SMILES string of the molecule is O=C=Nc1cc(CCO)c(Cl)cc1Br. The van der Waals surface area contributed by atoms with E-state index in [2.05, 4.69) is 20.9 Å². The second-order valence-electron chi connectivity index (χ2n) is 2.57. The minimum atomic E-state index is 0.00555. The van der Waals surface area contributed by atoms with Crippen molar-refractivity contribution in [2.75, 3.05) is 6.61 Å². The lowest BCUT2D eigenvalue weighted by atomic mass is 10.1. The summed E-state index contributed by atoms with van der Waals surface area (Å²) in [5.41, 5.74) is 1.22. The van der Waals surface area contributed by atoms with E-state index < -0.39 is 0 Å². The van der Waals surface area contributed by atoms with Gasteiger partial charge >= 0.3 is 0 Å². The summed E-state index contributed by atoms with van der Waals surface area (Å²) < 4.78 is 0.632. The molecule has 0 aromatic heterocycles. The highest BCUT2D eigenvalue weighted by atomic mass is 79.9. The maximum atomic E-state index is 10.1. The molecule has 0 unspecified atom stereocenters. The molecule has 0 atom stereocenters. The van der Waals surface area contributed by atoms with E-state index in [1.54, 1.807) is 12.1 Å². The zero-order valence-electron chi connectivity index (χ0n) is 7.13. The molecule has 0 bridgehead atoms. The van der Waals surface area contributed by atoms with Crippen molar-refractivity contribution in [1.82, 2.24) is 0 Å². The quantitative estimate of drug-likeness (QED) is 0.681. The van der Waals surface area contributed by atoms with Gasteiger partial charge in [-0.25, -0.2) is 4.79 Å². The summed E-state index contributed by atoms with van der Waals surface area (Å²) in [5, 5.41) is 9.29. The fraction of sp³-hybridized carbons (Fsp3) is 0.222. The van der Waals surface area contributed by atoms with Crippen molar-refractivity contribution in [2.45, 2.75) is 6.42 Å². The molecule has 3 nitrogen and oxygen atoms in total. The Morgan fingerprint density at radius 1 is 1.57 bits per heavy atom. The van der Waals surface area contributed by atoms with Gasteiger partial charge in [-0.2, -0.15) is 4.99 Å². The molecule has 0 aliphatic heterocycles. The summed E-state index contributed by atoms with van der Waals surface area (Å²) in [6, 6.07) is 3.29. The normalized spacial score (nSPS) is 9.64. The molecule has 1 aromatic rings. The highest BCUT2D eigenvalue weighted by Gasteiger charge is 2.05. The maximum Gasteiger partial charge on any atom is 0.240 e. The van der Waals surface area contributed by atoms with Crippen LogP contribution in [-0.2, 0) is 11.2 Å². The molecule has 14 heavy (non-hydrogen) atoms. The van der Waals surface area contributed by atoms with Crippen LogP contribution in [-0.4, -0.2) is 17.8 Å². The summed E-state index contributed by atoms with van der Waals surface area (Å²) in [7, 11) is 0. The van der Waals surface area contributed by atoms with Gasteiger partial charge in [0.15, 0.2) is 0 Å². The first-order valence-corrected chi connectivity index (χ1v) is 5.02. The van der Waals surface area contributed by atoms with E-state index in [-0.39, 0.29) is 6.61 Å². The predicted octanol–water partition coefficient (Wildman–Crippen LogP) is 2.60. The lowest BCUT2D eigenvalue weighted by Crippen LogP contribution is -1.91. The van der Waals surface area contributed by atoms with Crippen molar-refractivity contribution in [2.24, 2.45) is 4.99 Å². The lowest BCUT2D eigenvalue weighted by molar-refractivity contribution is 0.299. The Hall–Kier alpha value is -0.670. The van der Waals surface area contributed by atoms with E-state index >= 15 is 0 Å². The molecule has 0 amide bonds. The largest absolute Gasteiger partial charge is 0.396 e. The van der Waals surface area contributed by atoms with E-state index in [1.165, 1.54) is 6.08 Å². The molecule has 74 valence electrons. The van der Waals surface area contributed by atoms with Crippen LogP contribution >= 0.6 is 27.5 Å². The number of aliphatic hydroxyl groups excluding tert-OH is 1. The second-order valence-corrected chi connectivity index (χ2v) is 3.83. The third-order valence-electron chi connectivity index (χ3n) is 1.66. The summed E-state index contributed by atoms with van der Waals surface area (Å²) in [6.45, 7) is 0.00555. The summed E-state index contributed by atoms with van der Waals surface area (Å²) in [4.78, 5) is 13.6. The van der Waals surface area contributed by atoms with Gasteiger partial charge in [0.25, 0.3) is 0 Å². The number of carbonyl (C=O) groups excluding carboxylic acids is 1. The average Bonchev–Trinajstić information content (AvgIpc) is 2.14. The van der Waals surface area contributed by atoms with Gasteiger partial charge in [0, 0.05) is 16.1 Å². The average molecular weight is 277 g/mol. The van der Waals surface area contributed by atoms with Gasteiger partial charge in [0.05, 0.1) is 5.69 Å². The smallest absolute Gasteiger partial charge is 0.240 e. The number of rotatable bonds is 3. The first-order chi connectivity index (χ1) is 6.69. The molecular weight excluding hydrogens is 269 g/mol. The molecule has 0 fully saturated rings. The van der Waals surface area contributed by atoms with E-state index in [9.17, 15) is 4.79 Å². The predicted molar refractivity (Wildman–Crippen MR) is 57.7 cm³/mol. The first-order valence-electron chi connectivity index (χ1n) is 3.85. The minimum Gasteiger partial charge on any atom is -0.396 e. The summed E-state index contributed by atoms with van der Waals surface area (Å²) in [5.74, 6) is 0. The van der Waals surface area contributed by atoms with Crippen molar-refractivity contribution >= 4 is 39.3 Å². The summed E-state index contributed by atoms with van der Waals surface area (Å²) in [6.07, 6.45) is 1.89. The Bertz CT molecular complexity index is 389. The molecule has 5 heteroatoms. The number of hydrogen-bond donors (Lipinski definition) is 1. The van der Waals surface area contributed by atoms with Crippen molar-refractivity contribution in [3.8, 4) is 0 Å². The third-order valence-corrected chi connectivity index (χ3v) is 2.65. The Balaban J connectivity index is 3.19. The molecule has 0 saturated carbocycles. The van der Waals surface area contributed by atoms with Gasteiger partial charge in [-0.05, 0) is 40.0 Å². The molecule has 1 aromatic carbocycles. The molecule has 0 heterocycles. The van der Waals surface area contributed by atoms with Gasteiger partial charge in [0.2, 0.25) is 6.08 Å². The van der Waals surface area contributed by atoms with Crippen LogP contribution in [0.15, 0.2) is 21.6 Å². The standard InChI is InChI=1S/C9H7BrClNO2/c10-7-4-8(11)6(1-2-13)3-9(7)12-5-14/h3-4,13H,1-2H2.